The van der Waals surface area contributed by atoms with Crippen molar-refractivity contribution < 1.29 is 4.79 Å². The Morgan fingerprint density at radius 1 is 1.38 bits per heavy atom. The molecule has 3 rings (SSSR count). The van der Waals surface area contributed by atoms with Crippen LogP contribution >= 0.6 is 15.9 Å². The van der Waals surface area contributed by atoms with Crippen LogP contribution in [0.4, 0.5) is 11.4 Å². The number of benzene rings is 1. The van der Waals surface area contributed by atoms with Gasteiger partial charge in [-0.15, -0.1) is 0 Å². The zero-order valence-corrected chi connectivity index (χ0v) is 13.2. The molecule has 1 saturated heterocycles. The number of pyridine rings is 1. The number of likely N-dealkylation sites (tertiary alicyclic amines) is 1. The number of carbonyl (C=O) groups excluding carboxylic acids is 1. The van der Waals surface area contributed by atoms with Gasteiger partial charge in [0.25, 0.3) is 0 Å². The minimum Gasteiger partial charge on any atom is -0.396 e. The molecule has 5 nitrogen and oxygen atoms in total. The van der Waals surface area contributed by atoms with Crippen LogP contribution in [0.2, 0.25) is 0 Å². The molecule has 0 spiro atoms. The minimum absolute atomic E-state index is 0.117. The SMILES string of the molecule is Nc1cnc2ccc(Br)cc2c1NCC(=O)N1CCCC1. The van der Waals surface area contributed by atoms with Crippen molar-refractivity contribution in [3.05, 3.63) is 28.9 Å². The molecule has 2 aromatic rings. The average molecular weight is 349 g/mol. The zero-order chi connectivity index (χ0) is 14.8. The number of amides is 1. The normalized spacial score (nSPS) is 14.6. The Balaban J connectivity index is 1.84. The molecule has 1 aliphatic heterocycles. The van der Waals surface area contributed by atoms with Gasteiger partial charge in [0.15, 0.2) is 0 Å². The van der Waals surface area contributed by atoms with E-state index in [0.29, 0.717) is 5.69 Å². The molecule has 1 aromatic carbocycles. The van der Waals surface area contributed by atoms with E-state index in [-0.39, 0.29) is 12.5 Å². The van der Waals surface area contributed by atoms with Crippen molar-refractivity contribution in [2.24, 2.45) is 0 Å². The topological polar surface area (TPSA) is 71.2 Å². The number of nitrogens with two attached hydrogens (primary N) is 1. The first kappa shape index (κ1) is 14.1. The van der Waals surface area contributed by atoms with E-state index in [1.54, 1.807) is 6.20 Å². The maximum atomic E-state index is 12.1. The second-order valence-electron chi connectivity index (χ2n) is 5.19. The van der Waals surface area contributed by atoms with Gasteiger partial charge in [0, 0.05) is 22.9 Å². The Bertz CT molecular complexity index is 677. The average Bonchev–Trinajstić information content (AvgIpc) is 3.00. The van der Waals surface area contributed by atoms with Gasteiger partial charge in [0.05, 0.1) is 29.6 Å². The molecule has 0 unspecified atom stereocenters. The number of fused-ring (bicyclic) bond motifs is 1. The Kier molecular flexibility index (Phi) is 3.96. The smallest absolute Gasteiger partial charge is 0.241 e. The zero-order valence-electron chi connectivity index (χ0n) is 11.6. The third kappa shape index (κ3) is 2.95. The van der Waals surface area contributed by atoms with Gasteiger partial charge in [0.2, 0.25) is 5.91 Å². The molecule has 1 aliphatic rings. The molecule has 21 heavy (non-hydrogen) atoms. The van der Waals surface area contributed by atoms with Gasteiger partial charge in [-0.1, -0.05) is 15.9 Å². The third-order valence-electron chi connectivity index (χ3n) is 3.73. The first-order chi connectivity index (χ1) is 10.1. The molecule has 1 amide bonds. The molecule has 1 fully saturated rings. The number of nitrogens with one attached hydrogen (secondary N) is 1. The molecule has 0 radical (unpaired) electrons. The second-order valence-corrected chi connectivity index (χ2v) is 6.11. The van der Waals surface area contributed by atoms with Crippen molar-refractivity contribution in [2.75, 3.05) is 30.7 Å². The van der Waals surface area contributed by atoms with E-state index in [2.05, 4.69) is 26.2 Å². The third-order valence-corrected chi connectivity index (χ3v) is 4.23. The van der Waals surface area contributed by atoms with E-state index in [4.69, 9.17) is 5.73 Å². The highest BCUT2D eigenvalue weighted by Gasteiger charge is 2.18. The van der Waals surface area contributed by atoms with E-state index in [9.17, 15) is 4.79 Å². The first-order valence-electron chi connectivity index (χ1n) is 7.00. The molecule has 2 heterocycles. The Morgan fingerprint density at radius 2 is 2.14 bits per heavy atom. The van der Waals surface area contributed by atoms with E-state index < -0.39 is 0 Å². The summed E-state index contributed by atoms with van der Waals surface area (Å²) in [6.45, 7) is 1.98. The van der Waals surface area contributed by atoms with E-state index in [1.165, 1.54) is 0 Å². The van der Waals surface area contributed by atoms with Gasteiger partial charge in [-0.05, 0) is 31.0 Å². The fourth-order valence-electron chi connectivity index (χ4n) is 2.62. The standard InChI is InChI=1S/C15H17BrN4O/c16-10-3-4-13-11(7-10)15(12(17)8-18-13)19-9-14(21)20-5-1-2-6-20/h3-4,7-8H,1-2,5-6,9,17H2,(H,18,19). The molecule has 0 aliphatic carbocycles. The Morgan fingerprint density at radius 3 is 2.90 bits per heavy atom. The number of nitrogens with zero attached hydrogens (tertiary/aromatic N) is 2. The van der Waals surface area contributed by atoms with Crippen molar-refractivity contribution in [2.45, 2.75) is 12.8 Å². The summed E-state index contributed by atoms with van der Waals surface area (Å²) < 4.78 is 0.955. The number of anilines is 2. The maximum absolute atomic E-state index is 12.1. The Labute approximate surface area is 131 Å². The number of hydrogen-bond donors (Lipinski definition) is 2. The van der Waals surface area contributed by atoms with Crippen LogP contribution in [0.25, 0.3) is 10.9 Å². The predicted octanol–water partition coefficient (Wildman–Crippen LogP) is 2.61. The first-order valence-corrected chi connectivity index (χ1v) is 7.80. The monoisotopic (exact) mass is 348 g/mol. The van der Waals surface area contributed by atoms with Crippen LogP contribution in [0, 0.1) is 0 Å². The molecular weight excluding hydrogens is 332 g/mol. The minimum atomic E-state index is 0.117. The summed E-state index contributed by atoms with van der Waals surface area (Å²) in [6, 6.07) is 5.82. The van der Waals surface area contributed by atoms with Gasteiger partial charge in [-0.3, -0.25) is 9.78 Å². The van der Waals surface area contributed by atoms with Crippen LogP contribution in [0.1, 0.15) is 12.8 Å². The summed E-state index contributed by atoms with van der Waals surface area (Å²) in [6.07, 6.45) is 3.82. The summed E-state index contributed by atoms with van der Waals surface area (Å²) in [7, 11) is 0. The van der Waals surface area contributed by atoms with Crippen molar-refractivity contribution in [1.82, 2.24) is 9.88 Å². The molecule has 6 heteroatoms. The quantitative estimate of drug-likeness (QED) is 0.894. The van der Waals surface area contributed by atoms with Crippen molar-refractivity contribution in [1.29, 1.82) is 0 Å². The van der Waals surface area contributed by atoms with Gasteiger partial charge >= 0.3 is 0 Å². The van der Waals surface area contributed by atoms with Crippen LogP contribution in [-0.2, 0) is 4.79 Å². The summed E-state index contributed by atoms with van der Waals surface area (Å²) in [5, 5.41) is 4.10. The molecule has 0 bridgehead atoms. The second kappa shape index (κ2) is 5.89. The number of aromatic nitrogens is 1. The number of nitrogen functional groups attached to an aromatic ring is 1. The lowest BCUT2D eigenvalue weighted by molar-refractivity contribution is -0.128. The lowest BCUT2D eigenvalue weighted by Gasteiger charge is -2.17. The van der Waals surface area contributed by atoms with Crippen LogP contribution in [0.3, 0.4) is 0 Å². The van der Waals surface area contributed by atoms with Crippen molar-refractivity contribution in [3.8, 4) is 0 Å². The highest BCUT2D eigenvalue weighted by atomic mass is 79.9. The summed E-state index contributed by atoms with van der Waals surface area (Å²) in [4.78, 5) is 18.3. The van der Waals surface area contributed by atoms with Crippen molar-refractivity contribution >= 4 is 44.1 Å². The molecule has 3 N–H and O–H groups in total. The van der Waals surface area contributed by atoms with Gasteiger partial charge in [-0.2, -0.15) is 0 Å². The summed E-state index contributed by atoms with van der Waals surface area (Å²) in [5.41, 5.74) is 8.18. The van der Waals surface area contributed by atoms with E-state index in [1.807, 2.05) is 23.1 Å². The van der Waals surface area contributed by atoms with Gasteiger partial charge < -0.3 is 16.0 Å². The van der Waals surface area contributed by atoms with Crippen molar-refractivity contribution in [3.63, 3.8) is 0 Å². The van der Waals surface area contributed by atoms with Crippen LogP contribution < -0.4 is 11.1 Å². The predicted molar refractivity (Wildman–Crippen MR) is 88.2 cm³/mol. The highest BCUT2D eigenvalue weighted by Crippen LogP contribution is 2.29. The fraction of sp³-hybridized carbons (Fsp3) is 0.333. The molecule has 0 atom stereocenters. The van der Waals surface area contributed by atoms with Gasteiger partial charge in [0.1, 0.15) is 0 Å². The summed E-state index contributed by atoms with van der Waals surface area (Å²) in [5.74, 6) is 0.117. The van der Waals surface area contributed by atoms with E-state index in [0.717, 1.165) is 47.0 Å². The van der Waals surface area contributed by atoms with Crippen LogP contribution in [0.5, 0.6) is 0 Å². The lowest BCUT2D eigenvalue weighted by atomic mass is 10.1. The Hall–Kier alpha value is -1.82. The molecular formula is C15H17BrN4O. The molecule has 0 saturated carbocycles. The number of hydrogen-bond acceptors (Lipinski definition) is 4. The molecule has 1 aromatic heterocycles. The van der Waals surface area contributed by atoms with Crippen LogP contribution in [0.15, 0.2) is 28.9 Å². The summed E-state index contributed by atoms with van der Waals surface area (Å²) >= 11 is 3.45. The van der Waals surface area contributed by atoms with Crippen LogP contribution in [-0.4, -0.2) is 35.4 Å². The van der Waals surface area contributed by atoms with Gasteiger partial charge in [-0.25, -0.2) is 0 Å². The number of halogens is 1. The highest BCUT2D eigenvalue weighted by molar-refractivity contribution is 9.10. The largest absolute Gasteiger partial charge is 0.396 e. The molecule has 110 valence electrons. The maximum Gasteiger partial charge on any atom is 0.241 e. The van der Waals surface area contributed by atoms with E-state index >= 15 is 0 Å². The number of carbonyl (C=O) groups is 1. The number of rotatable bonds is 3. The lowest BCUT2D eigenvalue weighted by Crippen LogP contribution is -2.33. The fourth-order valence-corrected chi connectivity index (χ4v) is 2.98.